The molecule has 3 heterocycles. The second-order valence-electron chi connectivity index (χ2n) is 9.49. The summed E-state index contributed by atoms with van der Waals surface area (Å²) in [7, 11) is 0. The molecule has 3 atom stereocenters. The Hall–Kier alpha value is -2.54. The van der Waals surface area contributed by atoms with E-state index in [1.54, 1.807) is 12.1 Å². The van der Waals surface area contributed by atoms with E-state index in [1.807, 2.05) is 29.0 Å². The summed E-state index contributed by atoms with van der Waals surface area (Å²) in [5, 5.41) is 10.0. The van der Waals surface area contributed by atoms with E-state index in [-0.39, 0.29) is 23.7 Å². The Bertz CT molecular complexity index is 1010. The second-order valence-corrected chi connectivity index (χ2v) is 9.49. The molecule has 0 spiro atoms. The third kappa shape index (κ3) is 3.39. The van der Waals surface area contributed by atoms with Crippen LogP contribution in [0.25, 0.3) is 0 Å². The van der Waals surface area contributed by atoms with Crippen molar-refractivity contribution in [3.05, 3.63) is 53.1 Å². The van der Waals surface area contributed by atoms with Gasteiger partial charge in [-0.1, -0.05) is 25.1 Å². The normalized spacial score (nSPS) is 26.3. The topological polar surface area (TPSA) is 69.6 Å². The zero-order chi connectivity index (χ0) is 21.8. The number of amides is 1. The highest BCUT2D eigenvalue weighted by atomic mass is 19.1. The number of carbonyl (C=O) groups is 1. The summed E-state index contributed by atoms with van der Waals surface area (Å²) in [5.74, 6) is 1.02. The summed E-state index contributed by atoms with van der Waals surface area (Å²) in [4.78, 5) is 26.8. The van der Waals surface area contributed by atoms with Crippen LogP contribution in [0.2, 0.25) is 0 Å². The van der Waals surface area contributed by atoms with Gasteiger partial charge < -0.3 is 14.9 Å². The van der Waals surface area contributed by atoms with E-state index in [9.17, 15) is 14.3 Å². The lowest BCUT2D eigenvalue weighted by atomic mass is 9.73. The predicted molar refractivity (Wildman–Crippen MR) is 115 cm³/mol. The summed E-state index contributed by atoms with van der Waals surface area (Å²) < 4.78 is 14.5. The van der Waals surface area contributed by atoms with E-state index in [2.05, 4.69) is 16.9 Å². The van der Waals surface area contributed by atoms with Gasteiger partial charge in [0.05, 0.1) is 11.5 Å². The molecular weight excluding hydrogens is 395 g/mol. The van der Waals surface area contributed by atoms with Crippen molar-refractivity contribution < 1.29 is 14.3 Å². The number of benzene rings is 1. The van der Waals surface area contributed by atoms with Crippen molar-refractivity contribution in [1.82, 2.24) is 14.9 Å². The summed E-state index contributed by atoms with van der Waals surface area (Å²) in [6.07, 6.45) is 3.50. The van der Waals surface area contributed by atoms with Crippen LogP contribution in [-0.4, -0.2) is 58.2 Å². The number of fused-ring (bicyclic) bond motifs is 1. The number of anilines is 1. The van der Waals surface area contributed by atoms with Crippen molar-refractivity contribution in [2.75, 3.05) is 31.1 Å². The van der Waals surface area contributed by atoms with Crippen molar-refractivity contribution in [3.8, 4) is 0 Å². The van der Waals surface area contributed by atoms with Crippen LogP contribution in [0.15, 0.2) is 30.5 Å². The Labute approximate surface area is 182 Å². The number of aliphatic hydroxyl groups excluding tert-OH is 1. The first kappa shape index (κ1) is 20.4. The van der Waals surface area contributed by atoms with Crippen LogP contribution >= 0.6 is 0 Å². The first-order chi connectivity index (χ1) is 14.9. The number of hydrogen-bond donors (Lipinski definition) is 1. The minimum Gasteiger partial charge on any atom is -0.393 e. The van der Waals surface area contributed by atoms with E-state index >= 15 is 0 Å². The maximum absolute atomic E-state index is 14.5. The van der Waals surface area contributed by atoms with Gasteiger partial charge in [-0.3, -0.25) is 4.79 Å². The fourth-order valence-electron chi connectivity index (χ4n) is 5.50. The minimum atomic E-state index is -0.697. The molecule has 5 rings (SSSR count). The molecular formula is C24H29FN4O2. The summed E-state index contributed by atoms with van der Waals surface area (Å²) in [6.45, 7) is 6.31. The van der Waals surface area contributed by atoms with Gasteiger partial charge in [-0.25, -0.2) is 14.4 Å². The monoisotopic (exact) mass is 424 g/mol. The van der Waals surface area contributed by atoms with Gasteiger partial charge in [0.1, 0.15) is 5.82 Å². The zero-order valence-corrected chi connectivity index (χ0v) is 18.1. The van der Waals surface area contributed by atoms with Crippen LogP contribution in [0.3, 0.4) is 0 Å². The standard InChI is InChI=1S/C24H29FN4O2/c1-3-20-15(2)10-26-23(27-20)29-13-24(14-29,9-16-6-4-5-7-19(16)25)22(31)28-11-17-8-21(30)18(17)12-28/h4-7,10,17-18,21,30H,3,8-9,11-14H2,1-2H3/t17-,18+,21-/m0/s1. The SMILES string of the molecule is CCc1nc(N2CC(Cc3ccccc3F)(C(=O)N3C[C@@H]4C[C@H](O)[C@@H]4C3)C2)ncc1C. The third-order valence-corrected chi connectivity index (χ3v) is 7.43. The first-order valence-corrected chi connectivity index (χ1v) is 11.2. The minimum absolute atomic E-state index is 0.0661. The highest BCUT2D eigenvalue weighted by Crippen LogP contribution is 2.45. The molecule has 0 bridgehead atoms. The predicted octanol–water partition coefficient (Wildman–Crippen LogP) is 2.37. The fraction of sp³-hybridized carbons (Fsp3) is 0.542. The van der Waals surface area contributed by atoms with Gasteiger partial charge in [0, 0.05) is 44.0 Å². The lowest BCUT2D eigenvalue weighted by molar-refractivity contribution is -0.143. The Morgan fingerprint density at radius 1 is 1.29 bits per heavy atom. The number of aromatic nitrogens is 2. The van der Waals surface area contributed by atoms with Crippen molar-refractivity contribution in [2.45, 2.75) is 39.2 Å². The van der Waals surface area contributed by atoms with Crippen LogP contribution in [0.1, 0.15) is 30.2 Å². The van der Waals surface area contributed by atoms with Gasteiger partial charge in [-0.2, -0.15) is 0 Å². The Kier molecular flexibility index (Phi) is 4.96. The van der Waals surface area contributed by atoms with Gasteiger partial charge >= 0.3 is 0 Å². The molecule has 7 heteroatoms. The molecule has 1 aromatic carbocycles. The highest BCUT2D eigenvalue weighted by Gasteiger charge is 2.56. The molecule has 1 amide bonds. The Morgan fingerprint density at radius 3 is 2.74 bits per heavy atom. The van der Waals surface area contributed by atoms with E-state index < -0.39 is 5.41 Å². The van der Waals surface area contributed by atoms with Gasteiger partial charge in [0.25, 0.3) is 0 Å². The van der Waals surface area contributed by atoms with Crippen LogP contribution in [-0.2, 0) is 17.6 Å². The number of carbonyl (C=O) groups excluding carboxylic acids is 1. The third-order valence-electron chi connectivity index (χ3n) is 7.43. The number of aliphatic hydroxyl groups is 1. The van der Waals surface area contributed by atoms with Crippen molar-refractivity contribution in [2.24, 2.45) is 17.3 Å². The average Bonchev–Trinajstić information content (AvgIpc) is 3.09. The van der Waals surface area contributed by atoms with Crippen LogP contribution in [0, 0.1) is 30.0 Å². The zero-order valence-electron chi connectivity index (χ0n) is 18.1. The number of likely N-dealkylation sites (tertiary alicyclic amines) is 1. The smallest absolute Gasteiger partial charge is 0.232 e. The van der Waals surface area contributed by atoms with Gasteiger partial charge in [0.15, 0.2) is 0 Å². The van der Waals surface area contributed by atoms with Gasteiger partial charge in [0.2, 0.25) is 11.9 Å². The highest BCUT2D eigenvalue weighted by molar-refractivity contribution is 5.87. The van der Waals surface area contributed by atoms with E-state index in [0.29, 0.717) is 50.0 Å². The van der Waals surface area contributed by atoms with Gasteiger partial charge in [-0.15, -0.1) is 0 Å². The largest absolute Gasteiger partial charge is 0.393 e. The number of nitrogens with zero attached hydrogens (tertiary/aromatic N) is 4. The van der Waals surface area contributed by atoms with Crippen molar-refractivity contribution in [3.63, 3.8) is 0 Å². The number of hydrogen-bond acceptors (Lipinski definition) is 5. The molecule has 0 radical (unpaired) electrons. The Balaban J connectivity index is 1.40. The maximum atomic E-state index is 14.5. The summed E-state index contributed by atoms with van der Waals surface area (Å²) in [6, 6.07) is 6.71. The molecule has 31 heavy (non-hydrogen) atoms. The molecule has 2 saturated heterocycles. The van der Waals surface area contributed by atoms with E-state index in [0.717, 1.165) is 24.1 Å². The average molecular weight is 425 g/mol. The number of rotatable bonds is 5. The van der Waals surface area contributed by atoms with Crippen LogP contribution < -0.4 is 4.90 Å². The molecule has 2 aliphatic heterocycles. The molecule has 3 fully saturated rings. The molecule has 1 aromatic heterocycles. The van der Waals surface area contributed by atoms with Gasteiger partial charge in [-0.05, 0) is 49.3 Å². The molecule has 164 valence electrons. The van der Waals surface area contributed by atoms with Crippen LogP contribution in [0.5, 0.6) is 0 Å². The lowest BCUT2D eigenvalue weighted by Crippen LogP contribution is -2.65. The molecule has 2 aromatic rings. The lowest BCUT2D eigenvalue weighted by Gasteiger charge is -2.50. The van der Waals surface area contributed by atoms with E-state index in [1.165, 1.54) is 6.07 Å². The van der Waals surface area contributed by atoms with Crippen molar-refractivity contribution >= 4 is 11.9 Å². The molecule has 1 aliphatic carbocycles. The summed E-state index contributed by atoms with van der Waals surface area (Å²) in [5.41, 5.74) is 1.94. The van der Waals surface area contributed by atoms with E-state index in [4.69, 9.17) is 0 Å². The second kappa shape index (κ2) is 7.55. The first-order valence-electron chi connectivity index (χ1n) is 11.2. The molecule has 1 N–H and O–H groups in total. The molecule has 3 aliphatic rings. The van der Waals surface area contributed by atoms with Crippen molar-refractivity contribution in [1.29, 1.82) is 0 Å². The fourth-order valence-corrected chi connectivity index (χ4v) is 5.50. The molecule has 6 nitrogen and oxygen atoms in total. The molecule has 1 saturated carbocycles. The molecule has 0 unspecified atom stereocenters. The summed E-state index contributed by atoms with van der Waals surface area (Å²) >= 11 is 0. The van der Waals surface area contributed by atoms with Crippen LogP contribution in [0.4, 0.5) is 10.3 Å². The Morgan fingerprint density at radius 2 is 2.06 bits per heavy atom. The maximum Gasteiger partial charge on any atom is 0.232 e. The quantitative estimate of drug-likeness (QED) is 0.798. The number of aryl methyl sites for hydroxylation is 2. The number of halogens is 1.